The van der Waals surface area contributed by atoms with Gasteiger partial charge in [0.15, 0.2) is 5.69 Å². The predicted octanol–water partition coefficient (Wildman–Crippen LogP) is 2.25. The van der Waals surface area contributed by atoms with E-state index in [4.69, 9.17) is 5.26 Å². The molecule has 1 rings (SSSR count). The Morgan fingerprint density at radius 2 is 2.27 bits per heavy atom. The first-order chi connectivity index (χ1) is 7.04. The number of aliphatic imine (C=N–C) groups is 1. The Labute approximate surface area is 97.4 Å². The van der Waals surface area contributed by atoms with Crippen LogP contribution in [0.2, 0.25) is 0 Å². The molecule has 0 aliphatic carbocycles. The summed E-state index contributed by atoms with van der Waals surface area (Å²) in [5.41, 5.74) is 1.70. The maximum absolute atomic E-state index is 8.88. The minimum Gasteiger partial charge on any atom is -0.369 e. The molecule has 0 aliphatic rings. The van der Waals surface area contributed by atoms with E-state index in [-0.39, 0.29) is 0 Å². The van der Waals surface area contributed by atoms with Crippen LogP contribution in [0.4, 0.5) is 5.69 Å². The Bertz CT molecular complexity index is 432. The van der Waals surface area contributed by atoms with Crippen molar-refractivity contribution in [1.29, 1.82) is 5.26 Å². The van der Waals surface area contributed by atoms with Gasteiger partial charge >= 0.3 is 0 Å². The second-order valence-corrected chi connectivity index (χ2v) is 4.10. The van der Waals surface area contributed by atoms with Gasteiger partial charge in [-0.05, 0) is 28.9 Å². The Hall–Kier alpha value is -1.41. The normalized spacial score (nSPS) is 10.3. The number of rotatable bonds is 2. The van der Waals surface area contributed by atoms with Crippen LogP contribution >= 0.6 is 15.9 Å². The first-order valence-electron chi connectivity index (χ1n) is 4.32. The monoisotopic (exact) mass is 266 g/mol. The van der Waals surface area contributed by atoms with Crippen LogP contribution in [-0.2, 0) is 0 Å². The molecule has 1 aromatic heterocycles. The Kier molecular flexibility index (Phi) is 3.81. The van der Waals surface area contributed by atoms with Crippen molar-refractivity contribution in [2.45, 2.75) is 6.92 Å². The average molecular weight is 267 g/mol. The lowest BCUT2D eigenvalue weighted by Gasteiger charge is -2.04. The summed E-state index contributed by atoms with van der Waals surface area (Å²) in [6.45, 7) is 1.84. The zero-order valence-corrected chi connectivity index (χ0v) is 10.4. The van der Waals surface area contributed by atoms with Gasteiger partial charge in [-0.1, -0.05) is 0 Å². The number of aryl methyl sites for hydroxylation is 1. The molecule has 0 radical (unpaired) electrons. The van der Waals surface area contributed by atoms with Crippen molar-refractivity contribution in [2.75, 3.05) is 14.1 Å². The van der Waals surface area contributed by atoms with E-state index >= 15 is 0 Å². The van der Waals surface area contributed by atoms with Crippen LogP contribution in [0.15, 0.2) is 15.5 Å². The molecule has 1 aromatic rings. The maximum Gasteiger partial charge on any atom is 0.166 e. The number of halogens is 1. The van der Waals surface area contributed by atoms with Crippen LogP contribution in [-0.4, -0.2) is 30.3 Å². The highest BCUT2D eigenvalue weighted by Crippen LogP contribution is 2.24. The first kappa shape index (κ1) is 11.7. The molecule has 0 saturated carbocycles. The number of hydrogen-bond acceptors (Lipinski definition) is 3. The summed E-state index contributed by atoms with van der Waals surface area (Å²) in [5.74, 6) is 0. The lowest BCUT2D eigenvalue weighted by atomic mass is 10.3. The topological polar surface area (TPSA) is 52.3 Å². The molecule has 0 aromatic carbocycles. The highest BCUT2D eigenvalue weighted by molar-refractivity contribution is 9.10. The minimum atomic E-state index is 0.341. The van der Waals surface area contributed by atoms with E-state index < -0.39 is 0 Å². The fourth-order valence-corrected chi connectivity index (χ4v) is 1.24. The van der Waals surface area contributed by atoms with Gasteiger partial charge < -0.3 is 4.90 Å². The van der Waals surface area contributed by atoms with Crippen molar-refractivity contribution >= 4 is 28.0 Å². The molecule has 0 fully saturated rings. The number of pyridine rings is 1. The highest BCUT2D eigenvalue weighted by Gasteiger charge is 2.05. The van der Waals surface area contributed by atoms with Gasteiger partial charge in [0.05, 0.1) is 12.0 Å². The largest absolute Gasteiger partial charge is 0.369 e. The van der Waals surface area contributed by atoms with E-state index in [1.165, 1.54) is 0 Å². The maximum atomic E-state index is 8.88. The van der Waals surface area contributed by atoms with Crippen molar-refractivity contribution in [2.24, 2.45) is 4.99 Å². The van der Waals surface area contributed by atoms with Gasteiger partial charge in [-0.2, -0.15) is 5.26 Å². The van der Waals surface area contributed by atoms with Crippen LogP contribution in [0, 0.1) is 18.3 Å². The second kappa shape index (κ2) is 4.89. The number of hydrogen-bond donors (Lipinski definition) is 0. The third-order valence-electron chi connectivity index (χ3n) is 1.66. The zero-order chi connectivity index (χ0) is 11.4. The molecule has 0 saturated heterocycles. The van der Waals surface area contributed by atoms with E-state index in [1.54, 1.807) is 17.3 Å². The standard InChI is InChI=1S/C10H11BrN4/c1-7-8(11)4-9(10(5-12)14-7)13-6-15(2)3/h4,6H,1-3H3. The summed E-state index contributed by atoms with van der Waals surface area (Å²) in [6.07, 6.45) is 1.64. The van der Waals surface area contributed by atoms with E-state index in [0.29, 0.717) is 11.4 Å². The molecule has 0 N–H and O–H groups in total. The van der Waals surface area contributed by atoms with E-state index in [0.717, 1.165) is 10.2 Å². The van der Waals surface area contributed by atoms with Gasteiger partial charge in [-0.3, -0.25) is 0 Å². The molecule has 0 amide bonds. The lowest BCUT2D eigenvalue weighted by molar-refractivity contribution is 0.643. The quantitative estimate of drug-likeness (QED) is 0.610. The molecule has 0 unspecified atom stereocenters. The highest BCUT2D eigenvalue weighted by atomic mass is 79.9. The van der Waals surface area contributed by atoms with Gasteiger partial charge in [0.25, 0.3) is 0 Å². The van der Waals surface area contributed by atoms with Crippen LogP contribution < -0.4 is 0 Å². The van der Waals surface area contributed by atoms with Crippen molar-refractivity contribution < 1.29 is 0 Å². The molecule has 4 nitrogen and oxygen atoms in total. The third-order valence-corrected chi connectivity index (χ3v) is 2.47. The number of aromatic nitrogens is 1. The Morgan fingerprint density at radius 1 is 1.60 bits per heavy atom. The summed E-state index contributed by atoms with van der Waals surface area (Å²) < 4.78 is 0.854. The van der Waals surface area contributed by atoms with E-state index in [1.807, 2.05) is 27.1 Å². The van der Waals surface area contributed by atoms with Crippen LogP contribution in [0.3, 0.4) is 0 Å². The summed E-state index contributed by atoms with van der Waals surface area (Å²) in [4.78, 5) is 10.1. The van der Waals surface area contributed by atoms with Crippen molar-refractivity contribution in [1.82, 2.24) is 9.88 Å². The molecule has 0 aliphatic heterocycles. The molecule has 0 spiro atoms. The van der Waals surface area contributed by atoms with Crippen LogP contribution in [0.1, 0.15) is 11.4 Å². The average Bonchev–Trinajstić information content (AvgIpc) is 2.19. The fourth-order valence-electron chi connectivity index (χ4n) is 0.930. The summed E-state index contributed by atoms with van der Waals surface area (Å²) in [7, 11) is 3.73. The SMILES string of the molecule is Cc1nc(C#N)c(N=CN(C)C)cc1Br. The lowest BCUT2D eigenvalue weighted by Crippen LogP contribution is -2.07. The second-order valence-electron chi connectivity index (χ2n) is 3.24. The first-order valence-corrected chi connectivity index (χ1v) is 5.11. The number of nitriles is 1. The van der Waals surface area contributed by atoms with Crippen molar-refractivity contribution in [3.05, 3.63) is 21.9 Å². The molecule has 1 heterocycles. The van der Waals surface area contributed by atoms with Gasteiger partial charge in [-0.15, -0.1) is 0 Å². The molecule has 78 valence electrons. The molecule has 0 bridgehead atoms. The van der Waals surface area contributed by atoms with Gasteiger partial charge in [0.1, 0.15) is 11.8 Å². The predicted molar refractivity (Wildman–Crippen MR) is 63.2 cm³/mol. The Morgan fingerprint density at radius 3 is 2.80 bits per heavy atom. The van der Waals surface area contributed by atoms with Crippen LogP contribution in [0.25, 0.3) is 0 Å². The molecular weight excluding hydrogens is 256 g/mol. The van der Waals surface area contributed by atoms with Crippen molar-refractivity contribution in [3.8, 4) is 6.07 Å². The molecule has 0 atom stereocenters. The minimum absolute atomic E-state index is 0.341. The smallest absolute Gasteiger partial charge is 0.166 e. The Balaban J connectivity index is 3.18. The van der Waals surface area contributed by atoms with E-state index in [2.05, 4.69) is 25.9 Å². The molecular formula is C10H11BrN4. The van der Waals surface area contributed by atoms with Gasteiger partial charge in [0, 0.05) is 18.6 Å². The fraction of sp³-hybridized carbons (Fsp3) is 0.300. The van der Waals surface area contributed by atoms with E-state index in [9.17, 15) is 0 Å². The number of nitrogens with zero attached hydrogens (tertiary/aromatic N) is 4. The van der Waals surface area contributed by atoms with Crippen LogP contribution in [0.5, 0.6) is 0 Å². The summed E-state index contributed by atoms with van der Waals surface area (Å²) in [6, 6.07) is 3.82. The van der Waals surface area contributed by atoms with Crippen molar-refractivity contribution in [3.63, 3.8) is 0 Å². The molecule has 5 heteroatoms. The van der Waals surface area contributed by atoms with Gasteiger partial charge in [-0.25, -0.2) is 9.98 Å². The third kappa shape index (κ3) is 3.03. The summed E-state index contributed by atoms with van der Waals surface area (Å²) in [5, 5.41) is 8.88. The zero-order valence-electron chi connectivity index (χ0n) is 8.82. The summed E-state index contributed by atoms with van der Waals surface area (Å²) >= 11 is 3.36. The molecule has 15 heavy (non-hydrogen) atoms. The van der Waals surface area contributed by atoms with Gasteiger partial charge in [0.2, 0.25) is 0 Å².